The average molecular weight is 412 g/mol. The SMILES string of the molecule is Cc1ccc(CNC(=O)Cn2nc(C3CCN(C(=O)C4CC4)CC3)n(C)c2=O)cc1. The summed E-state index contributed by atoms with van der Waals surface area (Å²) in [6, 6.07) is 7.95. The van der Waals surface area contributed by atoms with Crippen LogP contribution in [0.4, 0.5) is 0 Å². The second-order valence-electron chi connectivity index (χ2n) is 8.49. The minimum Gasteiger partial charge on any atom is -0.350 e. The third kappa shape index (κ3) is 4.47. The van der Waals surface area contributed by atoms with Gasteiger partial charge < -0.3 is 10.2 Å². The van der Waals surface area contributed by atoms with Crippen molar-refractivity contribution < 1.29 is 9.59 Å². The van der Waals surface area contributed by atoms with Crippen molar-refractivity contribution in [2.75, 3.05) is 13.1 Å². The first-order valence-corrected chi connectivity index (χ1v) is 10.7. The zero-order chi connectivity index (χ0) is 21.3. The molecule has 2 fully saturated rings. The van der Waals surface area contributed by atoms with E-state index in [0.29, 0.717) is 25.5 Å². The van der Waals surface area contributed by atoms with Gasteiger partial charge in [-0.3, -0.25) is 14.2 Å². The molecule has 0 spiro atoms. The van der Waals surface area contributed by atoms with Gasteiger partial charge in [0.2, 0.25) is 11.8 Å². The van der Waals surface area contributed by atoms with E-state index in [2.05, 4.69) is 10.4 Å². The van der Waals surface area contributed by atoms with Crippen LogP contribution < -0.4 is 11.0 Å². The monoisotopic (exact) mass is 411 g/mol. The smallest absolute Gasteiger partial charge is 0.346 e. The molecule has 2 aliphatic rings. The number of nitrogens with one attached hydrogen (secondary N) is 1. The highest BCUT2D eigenvalue weighted by molar-refractivity contribution is 5.81. The molecule has 0 radical (unpaired) electrons. The molecule has 2 heterocycles. The lowest BCUT2D eigenvalue weighted by Crippen LogP contribution is -2.39. The number of aryl methyl sites for hydroxylation is 1. The van der Waals surface area contributed by atoms with E-state index in [1.54, 1.807) is 7.05 Å². The number of piperidine rings is 1. The molecule has 1 aromatic carbocycles. The minimum absolute atomic E-state index is 0.0997. The van der Waals surface area contributed by atoms with E-state index in [1.165, 1.54) is 14.8 Å². The number of carbonyl (C=O) groups excluding carboxylic acids is 2. The van der Waals surface area contributed by atoms with Crippen molar-refractivity contribution in [1.29, 1.82) is 0 Å². The van der Waals surface area contributed by atoms with Crippen molar-refractivity contribution in [2.24, 2.45) is 13.0 Å². The fourth-order valence-electron chi connectivity index (χ4n) is 4.01. The quantitative estimate of drug-likeness (QED) is 0.777. The Labute approximate surface area is 175 Å². The van der Waals surface area contributed by atoms with Gasteiger partial charge >= 0.3 is 5.69 Å². The van der Waals surface area contributed by atoms with Crippen LogP contribution in [0.1, 0.15) is 48.6 Å². The molecule has 1 N–H and O–H groups in total. The van der Waals surface area contributed by atoms with E-state index in [1.807, 2.05) is 36.1 Å². The molecule has 8 nitrogen and oxygen atoms in total. The zero-order valence-corrected chi connectivity index (χ0v) is 17.6. The van der Waals surface area contributed by atoms with Crippen molar-refractivity contribution in [2.45, 2.75) is 51.6 Å². The standard InChI is InChI=1S/C22H29N5O3/c1-15-3-5-16(6-4-15)13-23-19(28)14-27-22(30)25(2)20(24-27)17-9-11-26(12-10-17)21(29)18-7-8-18/h3-6,17-18H,7-14H2,1-2H3,(H,23,28). The predicted octanol–water partition coefficient (Wildman–Crippen LogP) is 1.32. The van der Waals surface area contributed by atoms with E-state index in [0.717, 1.165) is 31.2 Å². The number of carbonyl (C=O) groups is 2. The van der Waals surface area contributed by atoms with Gasteiger partial charge in [-0.1, -0.05) is 29.8 Å². The normalized spacial score (nSPS) is 17.2. The van der Waals surface area contributed by atoms with Gasteiger partial charge in [0, 0.05) is 38.5 Å². The van der Waals surface area contributed by atoms with Crippen LogP contribution in [0.5, 0.6) is 0 Å². The molecule has 1 saturated carbocycles. The van der Waals surface area contributed by atoms with E-state index in [9.17, 15) is 14.4 Å². The van der Waals surface area contributed by atoms with Gasteiger partial charge in [-0.15, -0.1) is 0 Å². The number of hydrogen-bond acceptors (Lipinski definition) is 4. The zero-order valence-electron chi connectivity index (χ0n) is 17.6. The summed E-state index contributed by atoms with van der Waals surface area (Å²) in [7, 11) is 1.70. The summed E-state index contributed by atoms with van der Waals surface area (Å²) in [5, 5.41) is 7.30. The van der Waals surface area contributed by atoms with Crippen LogP contribution >= 0.6 is 0 Å². The van der Waals surface area contributed by atoms with Crippen molar-refractivity contribution in [1.82, 2.24) is 24.6 Å². The first-order chi connectivity index (χ1) is 14.4. The highest BCUT2D eigenvalue weighted by atomic mass is 16.2. The molecular weight excluding hydrogens is 382 g/mol. The maximum atomic E-state index is 12.6. The molecule has 1 aromatic heterocycles. The van der Waals surface area contributed by atoms with Crippen molar-refractivity contribution >= 4 is 11.8 Å². The summed E-state index contributed by atoms with van der Waals surface area (Å²) in [5.41, 5.74) is 1.89. The van der Waals surface area contributed by atoms with Crippen LogP contribution in [0, 0.1) is 12.8 Å². The summed E-state index contributed by atoms with van der Waals surface area (Å²) in [4.78, 5) is 39.1. The first-order valence-electron chi connectivity index (χ1n) is 10.7. The molecular formula is C22H29N5O3. The molecule has 0 bridgehead atoms. The number of hydrogen-bond donors (Lipinski definition) is 1. The number of aromatic nitrogens is 3. The van der Waals surface area contributed by atoms with Gasteiger partial charge in [0.25, 0.3) is 0 Å². The Kier molecular flexibility index (Phi) is 5.74. The van der Waals surface area contributed by atoms with Gasteiger partial charge in [0.05, 0.1) is 0 Å². The second kappa shape index (κ2) is 8.45. The lowest BCUT2D eigenvalue weighted by molar-refractivity contribution is -0.133. The van der Waals surface area contributed by atoms with E-state index in [-0.39, 0.29) is 35.9 Å². The van der Waals surface area contributed by atoms with Crippen LogP contribution in [-0.4, -0.2) is 44.2 Å². The minimum atomic E-state index is -0.285. The summed E-state index contributed by atoms with van der Waals surface area (Å²) in [5.74, 6) is 1.10. The molecule has 2 aromatic rings. The molecule has 0 atom stereocenters. The molecule has 1 saturated heterocycles. The Morgan fingerprint density at radius 2 is 1.77 bits per heavy atom. The highest BCUT2D eigenvalue weighted by Gasteiger charge is 2.36. The third-order valence-corrected chi connectivity index (χ3v) is 6.08. The first kappa shape index (κ1) is 20.4. The van der Waals surface area contributed by atoms with E-state index >= 15 is 0 Å². The van der Waals surface area contributed by atoms with E-state index in [4.69, 9.17) is 0 Å². The second-order valence-corrected chi connectivity index (χ2v) is 8.49. The van der Waals surface area contributed by atoms with Crippen LogP contribution in [0.25, 0.3) is 0 Å². The van der Waals surface area contributed by atoms with Gasteiger partial charge in [0.1, 0.15) is 12.4 Å². The molecule has 4 rings (SSSR count). The highest BCUT2D eigenvalue weighted by Crippen LogP contribution is 2.33. The summed E-state index contributed by atoms with van der Waals surface area (Å²) >= 11 is 0. The summed E-state index contributed by atoms with van der Waals surface area (Å²) in [6.45, 7) is 3.75. The molecule has 1 aliphatic heterocycles. The Morgan fingerprint density at radius 1 is 1.10 bits per heavy atom. The summed E-state index contributed by atoms with van der Waals surface area (Å²) in [6.07, 6.45) is 3.62. The lowest BCUT2D eigenvalue weighted by atomic mass is 9.95. The van der Waals surface area contributed by atoms with Crippen molar-refractivity contribution in [3.05, 3.63) is 51.7 Å². The molecule has 8 heteroatoms. The molecule has 2 amide bonds. The fourth-order valence-corrected chi connectivity index (χ4v) is 4.01. The largest absolute Gasteiger partial charge is 0.350 e. The molecule has 0 unspecified atom stereocenters. The van der Waals surface area contributed by atoms with Crippen LogP contribution in [0.3, 0.4) is 0 Å². The lowest BCUT2D eigenvalue weighted by Gasteiger charge is -2.31. The topological polar surface area (TPSA) is 89.2 Å². The molecule has 1 aliphatic carbocycles. The number of benzene rings is 1. The number of likely N-dealkylation sites (tertiary alicyclic amines) is 1. The Morgan fingerprint density at radius 3 is 2.40 bits per heavy atom. The molecule has 160 valence electrons. The number of amides is 2. The van der Waals surface area contributed by atoms with Gasteiger partial charge in [-0.25, -0.2) is 9.48 Å². The maximum Gasteiger partial charge on any atom is 0.346 e. The third-order valence-electron chi connectivity index (χ3n) is 6.08. The van der Waals surface area contributed by atoms with E-state index < -0.39 is 0 Å². The van der Waals surface area contributed by atoms with Crippen molar-refractivity contribution in [3.8, 4) is 0 Å². The van der Waals surface area contributed by atoms with Gasteiger partial charge in [-0.05, 0) is 38.2 Å². The average Bonchev–Trinajstić information content (AvgIpc) is 3.56. The predicted molar refractivity (Wildman–Crippen MR) is 112 cm³/mol. The Hall–Kier alpha value is -2.90. The number of rotatable bonds is 6. The van der Waals surface area contributed by atoms with Crippen LogP contribution in [-0.2, 0) is 29.7 Å². The Bertz CT molecular complexity index is 979. The maximum absolute atomic E-state index is 12.6. The number of nitrogens with zero attached hydrogens (tertiary/aromatic N) is 4. The van der Waals surface area contributed by atoms with Crippen molar-refractivity contribution in [3.63, 3.8) is 0 Å². The van der Waals surface area contributed by atoms with Crippen LogP contribution in [0.15, 0.2) is 29.1 Å². The van der Waals surface area contributed by atoms with Crippen LogP contribution in [0.2, 0.25) is 0 Å². The molecule has 30 heavy (non-hydrogen) atoms. The summed E-state index contributed by atoms with van der Waals surface area (Å²) < 4.78 is 2.78. The Balaban J connectivity index is 1.34. The fraction of sp³-hybridized carbons (Fsp3) is 0.545. The van der Waals surface area contributed by atoms with Gasteiger partial charge in [-0.2, -0.15) is 5.10 Å². The van der Waals surface area contributed by atoms with Gasteiger partial charge in [0.15, 0.2) is 0 Å².